The zero-order chi connectivity index (χ0) is 13.9. The molecule has 0 unspecified atom stereocenters. The molecule has 0 bridgehead atoms. The van der Waals surface area contributed by atoms with Crippen molar-refractivity contribution in [1.82, 2.24) is 4.98 Å². The minimum atomic E-state index is -0.193. The SMILES string of the molecule is O=C(Nc1ccc2c(c1)CCCN2)c1ccc(Br)cn1. The Labute approximate surface area is 125 Å². The Hall–Kier alpha value is -1.88. The molecule has 5 heteroatoms. The molecule has 20 heavy (non-hydrogen) atoms. The van der Waals surface area contributed by atoms with E-state index in [-0.39, 0.29) is 5.91 Å². The van der Waals surface area contributed by atoms with Crippen molar-refractivity contribution in [2.24, 2.45) is 0 Å². The molecule has 1 amide bonds. The van der Waals surface area contributed by atoms with Crippen molar-refractivity contribution in [3.63, 3.8) is 0 Å². The number of hydrogen-bond acceptors (Lipinski definition) is 3. The Morgan fingerprint density at radius 3 is 3.00 bits per heavy atom. The standard InChI is InChI=1S/C15H14BrN3O/c16-11-3-5-14(18-9-11)15(20)19-12-4-6-13-10(8-12)2-1-7-17-13/h3-6,8-9,17H,1-2,7H2,(H,19,20). The number of aromatic nitrogens is 1. The molecule has 0 spiro atoms. The number of anilines is 2. The molecule has 0 atom stereocenters. The van der Waals surface area contributed by atoms with Crippen LogP contribution in [0.5, 0.6) is 0 Å². The minimum Gasteiger partial charge on any atom is -0.385 e. The van der Waals surface area contributed by atoms with Crippen LogP contribution in [0.25, 0.3) is 0 Å². The molecule has 0 fully saturated rings. The van der Waals surface area contributed by atoms with E-state index in [4.69, 9.17) is 0 Å². The van der Waals surface area contributed by atoms with Crippen molar-refractivity contribution in [3.05, 3.63) is 52.3 Å². The van der Waals surface area contributed by atoms with Gasteiger partial charge in [0.2, 0.25) is 0 Å². The van der Waals surface area contributed by atoms with Gasteiger partial charge < -0.3 is 10.6 Å². The molecule has 0 aliphatic carbocycles. The number of pyridine rings is 1. The molecule has 102 valence electrons. The normalized spacial score (nSPS) is 13.2. The Balaban J connectivity index is 1.77. The lowest BCUT2D eigenvalue weighted by Crippen LogP contribution is -2.15. The summed E-state index contributed by atoms with van der Waals surface area (Å²) >= 11 is 3.30. The van der Waals surface area contributed by atoms with Crippen LogP contribution in [0.4, 0.5) is 11.4 Å². The zero-order valence-corrected chi connectivity index (χ0v) is 12.4. The molecule has 0 radical (unpaired) electrons. The van der Waals surface area contributed by atoms with Gasteiger partial charge in [0.15, 0.2) is 0 Å². The van der Waals surface area contributed by atoms with Gasteiger partial charge in [-0.1, -0.05) is 0 Å². The molecule has 1 aromatic carbocycles. The number of carbonyl (C=O) groups excluding carboxylic acids is 1. The maximum atomic E-state index is 12.1. The maximum absolute atomic E-state index is 12.1. The summed E-state index contributed by atoms with van der Waals surface area (Å²) in [5, 5.41) is 6.23. The maximum Gasteiger partial charge on any atom is 0.274 e. The lowest BCUT2D eigenvalue weighted by atomic mass is 10.0. The third kappa shape index (κ3) is 2.82. The Morgan fingerprint density at radius 2 is 2.20 bits per heavy atom. The molecule has 2 N–H and O–H groups in total. The predicted molar refractivity (Wildman–Crippen MR) is 83.1 cm³/mol. The van der Waals surface area contributed by atoms with Crippen molar-refractivity contribution in [1.29, 1.82) is 0 Å². The van der Waals surface area contributed by atoms with E-state index in [1.807, 2.05) is 18.2 Å². The number of nitrogens with zero attached hydrogens (tertiary/aromatic N) is 1. The fourth-order valence-corrected chi connectivity index (χ4v) is 2.49. The second-order valence-corrected chi connectivity index (χ2v) is 5.63. The van der Waals surface area contributed by atoms with Crippen LogP contribution in [0, 0.1) is 0 Å². The first-order valence-electron chi connectivity index (χ1n) is 6.52. The second-order valence-electron chi connectivity index (χ2n) is 4.72. The first kappa shape index (κ1) is 13.1. The highest BCUT2D eigenvalue weighted by Gasteiger charge is 2.11. The van der Waals surface area contributed by atoms with Crippen molar-refractivity contribution in [2.75, 3.05) is 17.2 Å². The minimum absolute atomic E-state index is 0.193. The third-order valence-corrected chi connectivity index (χ3v) is 3.73. The highest BCUT2D eigenvalue weighted by molar-refractivity contribution is 9.10. The topological polar surface area (TPSA) is 54.0 Å². The number of amides is 1. The van der Waals surface area contributed by atoms with E-state index in [2.05, 4.69) is 31.5 Å². The lowest BCUT2D eigenvalue weighted by Gasteiger charge is -2.18. The monoisotopic (exact) mass is 331 g/mol. The molecule has 2 aromatic rings. The fraction of sp³-hybridized carbons (Fsp3) is 0.200. The second kappa shape index (κ2) is 5.63. The van der Waals surface area contributed by atoms with Gasteiger partial charge in [0, 0.05) is 28.6 Å². The number of benzene rings is 1. The Kier molecular flexibility index (Phi) is 3.69. The molecule has 2 heterocycles. The van der Waals surface area contributed by atoms with E-state index in [0.29, 0.717) is 5.69 Å². The molecular weight excluding hydrogens is 318 g/mol. The van der Waals surface area contributed by atoms with Crippen LogP contribution in [-0.2, 0) is 6.42 Å². The average molecular weight is 332 g/mol. The Morgan fingerprint density at radius 1 is 1.30 bits per heavy atom. The number of halogens is 1. The molecule has 4 nitrogen and oxygen atoms in total. The highest BCUT2D eigenvalue weighted by Crippen LogP contribution is 2.25. The van der Waals surface area contributed by atoms with Crippen LogP contribution in [0.15, 0.2) is 41.0 Å². The molecule has 0 saturated heterocycles. The molecular formula is C15H14BrN3O. The van der Waals surface area contributed by atoms with E-state index < -0.39 is 0 Å². The first-order valence-corrected chi connectivity index (χ1v) is 7.31. The van der Waals surface area contributed by atoms with Crippen LogP contribution in [0.3, 0.4) is 0 Å². The average Bonchev–Trinajstić information content (AvgIpc) is 2.48. The number of rotatable bonds is 2. The molecule has 1 aliphatic rings. The summed E-state index contributed by atoms with van der Waals surface area (Å²) in [4.78, 5) is 16.2. The quantitative estimate of drug-likeness (QED) is 0.886. The van der Waals surface area contributed by atoms with Gasteiger partial charge in [-0.3, -0.25) is 4.79 Å². The first-order chi connectivity index (χ1) is 9.72. The number of fused-ring (bicyclic) bond motifs is 1. The number of aryl methyl sites for hydroxylation is 1. The summed E-state index contributed by atoms with van der Waals surface area (Å²) in [6.07, 6.45) is 3.78. The van der Waals surface area contributed by atoms with Crippen molar-refractivity contribution in [3.8, 4) is 0 Å². The number of carbonyl (C=O) groups is 1. The van der Waals surface area contributed by atoms with Crippen LogP contribution in [0.1, 0.15) is 22.5 Å². The number of hydrogen-bond donors (Lipinski definition) is 2. The molecule has 1 aromatic heterocycles. The van der Waals surface area contributed by atoms with Gasteiger partial charge in [0.1, 0.15) is 5.69 Å². The summed E-state index contributed by atoms with van der Waals surface area (Å²) in [7, 11) is 0. The van der Waals surface area contributed by atoms with Gasteiger partial charge in [-0.2, -0.15) is 0 Å². The molecule has 0 saturated carbocycles. The summed E-state index contributed by atoms with van der Waals surface area (Å²) in [6, 6.07) is 9.45. The highest BCUT2D eigenvalue weighted by atomic mass is 79.9. The van der Waals surface area contributed by atoms with E-state index in [1.54, 1.807) is 18.3 Å². The fourth-order valence-electron chi connectivity index (χ4n) is 2.26. The van der Waals surface area contributed by atoms with Crippen LogP contribution < -0.4 is 10.6 Å². The van der Waals surface area contributed by atoms with Gasteiger partial charge in [0.25, 0.3) is 5.91 Å². The molecule has 1 aliphatic heterocycles. The predicted octanol–water partition coefficient (Wildman–Crippen LogP) is 3.45. The van der Waals surface area contributed by atoms with Gasteiger partial charge in [-0.05, 0) is 64.7 Å². The van der Waals surface area contributed by atoms with E-state index in [0.717, 1.165) is 35.2 Å². The van der Waals surface area contributed by atoms with Crippen molar-refractivity contribution >= 4 is 33.2 Å². The summed E-state index contributed by atoms with van der Waals surface area (Å²) in [5.41, 5.74) is 3.63. The van der Waals surface area contributed by atoms with E-state index in [1.165, 1.54) is 5.56 Å². The molecule has 3 rings (SSSR count). The summed E-state index contributed by atoms with van der Waals surface area (Å²) in [5.74, 6) is -0.193. The van der Waals surface area contributed by atoms with Gasteiger partial charge >= 0.3 is 0 Å². The van der Waals surface area contributed by atoms with Crippen molar-refractivity contribution in [2.45, 2.75) is 12.8 Å². The summed E-state index contributed by atoms with van der Waals surface area (Å²) in [6.45, 7) is 1.02. The lowest BCUT2D eigenvalue weighted by molar-refractivity contribution is 0.102. The Bertz CT molecular complexity index is 640. The smallest absolute Gasteiger partial charge is 0.274 e. The zero-order valence-electron chi connectivity index (χ0n) is 10.8. The number of nitrogens with one attached hydrogen (secondary N) is 2. The third-order valence-electron chi connectivity index (χ3n) is 3.26. The van der Waals surface area contributed by atoms with E-state index in [9.17, 15) is 4.79 Å². The van der Waals surface area contributed by atoms with Crippen LogP contribution >= 0.6 is 15.9 Å². The van der Waals surface area contributed by atoms with Crippen LogP contribution in [0.2, 0.25) is 0 Å². The van der Waals surface area contributed by atoms with E-state index >= 15 is 0 Å². The van der Waals surface area contributed by atoms with Crippen molar-refractivity contribution < 1.29 is 4.79 Å². The van der Waals surface area contributed by atoms with Crippen LogP contribution in [-0.4, -0.2) is 17.4 Å². The largest absolute Gasteiger partial charge is 0.385 e. The summed E-state index contributed by atoms with van der Waals surface area (Å²) < 4.78 is 0.855. The van der Waals surface area contributed by atoms with Gasteiger partial charge in [-0.15, -0.1) is 0 Å². The van der Waals surface area contributed by atoms with Gasteiger partial charge in [-0.25, -0.2) is 4.98 Å². The van der Waals surface area contributed by atoms with Gasteiger partial charge in [0.05, 0.1) is 0 Å².